The van der Waals surface area contributed by atoms with Gasteiger partial charge in [0.15, 0.2) is 17.8 Å². The minimum Gasteiger partial charge on any atom is -0.465 e. The van der Waals surface area contributed by atoms with Crippen molar-refractivity contribution in [1.29, 1.82) is 5.26 Å². The van der Waals surface area contributed by atoms with E-state index in [1.165, 1.54) is 28.0 Å². The number of aromatic nitrogens is 8. The molecule has 234 valence electrons. The summed E-state index contributed by atoms with van der Waals surface area (Å²) in [4.78, 5) is 41.6. The zero-order valence-electron chi connectivity index (χ0n) is 22.8. The predicted octanol–water partition coefficient (Wildman–Crippen LogP) is -2.44. The number of phosphoric ester groups is 1. The van der Waals surface area contributed by atoms with Crippen molar-refractivity contribution in [2.45, 2.75) is 49.7 Å². The van der Waals surface area contributed by atoms with Gasteiger partial charge in [0.25, 0.3) is 11.2 Å². The Balaban J connectivity index is 0.00000384. The van der Waals surface area contributed by atoms with Crippen LogP contribution in [0.2, 0.25) is 0 Å². The number of hydrogen-bond donors (Lipinski definition) is 7. The third kappa shape index (κ3) is 5.75. The van der Waals surface area contributed by atoms with Crippen LogP contribution in [-0.4, -0.2) is 94.2 Å². The molecule has 0 spiro atoms. The molecular formula is C21H28BN12O9P. The minimum atomic E-state index is -4.76. The Morgan fingerprint density at radius 1 is 1.20 bits per heavy atom. The number of rotatable bonds is 9. The fourth-order valence-electron chi connectivity index (χ4n) is 5.13. The number of nitriles is 1. The number of nitrogen functional groups attached to an aromatic ring is 2. The van der Waals surface area contributed by atoms with Gasteiger partial charge < -0.3 is 46.7 Å². The van der Waals surface area contributed by atoms with Gasteiger partial charge in [0.05, 0.1) is 33.1 Å². The summed E-state index contributed by atoms with van der Waals surface area (Å²) < 4.78 is 39.3. The molecule has 0 saturated carbocycles. The van der Waals surface area contributed by atoms with Crippen molar-refractivity contribution in [3.05, 3.63) is 29.3 Å². The van der Waals surface area contributed by atoms with E-state index in [0.717, 1.165) is 7.41 Å². The van der Waals surface area contributed by atoms with Gasteiger partial charge in [0, 0.05) is 12.8 Å². The van der Waals surface area contributed by atoms with E-state index in [4.69, 9.17) is 35.3 Å². The number of aliphatic hydroxyl groups is 2. The summed E-state index contributed by atoms with van der Waals surface area (Å²) in [5.41, 5.74) is 11.8. The van der Waals surface area contributed by atoms with E-state index in [1.54, 1.807) is 4.57 Å². The number of anilines is 2. The molecule has 11 N–H and O–H groups in total. The van der Waals surface area contributed by atoms with Gasteiger partial charge in [0.2, 0.25) is 17.7 Å². The van der Waals surface area contributed by atoms with E-state index >= 15 is 0 Å². The first kappa shape index (κ1) is 31.4. The monoisotopic (exact) mass is 634 g/mol. The molecule has 4 aromatic rings. The fourth-order valence-corrected chi connectivity index (χ4v) is 6.09. The molecule has 0 amide bonds. The Hall–Kier alpha value is -4.04. The Labute approximate surface area is 247 Å². The second-order valence-corrected chi connectivity index (χ2v) is 11.2. The van der Waals surface area contributed by atoms with Crippen LogP contribution >= 0.6 is 7.82 Å². The van der Waals surface area contributed by atoms with E-state index < -0.39 is 63.5 Å². The summed E-state index contributed by atoms with van der Waals surface area (Å²) >= 11 is 0. The third-order valence-electron chi connectivity index (χ3n) is 7.09. The number of ether oxygens (including phenoxy) is 2. The van der Waals surface area contributed by atoms with Crippen LogP contribution < -0.4 is 27.7 Å². The average Bonchev–Trinajstić information content (AvgIpc) is 3.72. The zero-order valence-corrected chi connectivity index (χ0v) is 23.7. The van der Waals surface area contributed by atoms with Crippen molar-refractivity contribution in [2.75, 3.05) is 24.7 Å². The van der Waals surface area contributed by atoms with Crippen molar-refractivity contribution in [3.63, 3.8) is 0 Å². The highest BCUT2D eigenvalue weighted by Crippen LogP contribution is 2.49. The first-order valence-electron chi connectivity index (χ1n) is 12.8. The minimum absolute atomic E-state index is 0. The van der Waals surface area contributed by atoms with E-state index in [2.05, 4.69) is 24.9 Å². The summed E-state index contributed by atoms with van der Waals surface area (Å²) in [5.74, 6) is 1.82. The Morgan fingerprint density at radius 3 is 2.70 bits per heavy atom. The molecule has 6 heterocycles. The van der Waals surface area contributed by atoms with E-state index in [0.29, 0.717) is 11.2 Å². The summed E-state index contributed by atoms with van der Waals surface area (Å²) in [6.07, 6.45) is -1.82. The van der Waals surface area contributed by atoms with Crippen LogP contribution in [-0.2, 0) is 23.1 Å². The van der Waals surface area contributed by atoms with Crippen LogP contribution in [0.1, 0.15) is 25.3 Å². The van der Waals surface area contributed by atoms with Crippen LogP contribution in [0.3, 0.4) is 0 Å². The maximum Gasteiger partial charge on any atom is 0.472 e. The molecular weight excluding hydrogens is 606 g/mol. The molecule has 4 aromatic heterocycles. The smallest absolute Gasteiger partial charge is 0.465 e. The second kappa shape index (κ2) is 12.2. The molecule has 2 fully saturated rings. The van der Waals surface area contributed by atoms with Crippen LogP contribution in [0.15, 0.2) is 23.8 Å². The molecule has 0 aliphatic carbocycles. The number of imidazole rings is 2. The van der Waals surface area contributed by atoms with Gasteiger partial charge in [-0.1, -0.05) is 0 Å². The number of H-pyrrole nitrogens is 1. The van der Waals surface area contributed by atoms with Crippen molar-refractivity contribution >= 4 is 49.3 Å². The number of hydrogen-bond acceptors (Lipinski definition) is 16. The maximum atomic E-state index is 12.9. The van der Waals surface area contributed by atoms with Gasteiger partial charge in [-0.3, -0.25) is 28.7 Å². The summed E-state index contributed by atoms with van der Waals surface area (Å²) in [5, 5.41) is 29.6. The van der Waals surface area contributed by atoms with E-state index in [1.807, 2.05) is 5.97 Å². The molecule has 44 heavy (non-hydrogen) atoms. The molecule has 0 bridgehead atoms. The highest BCUT2D eigenvalue weighted by molar-refractivity contribution is 7.47. The Morgan fingerprint density at radius 2 is 1.95 bits per heavy atom. The summed E-state index contributed by atoms with van der Waals surface area (Å²) in [6, 6.07) is 0. The molecule has 23 heteroatoms. The molecule has 21 nitrogen and oxygen atoms in total. The molecule has 6 rings (SSSR count). The van der Waals surface area contributed by atoms with Crippen LogP contribution in [0.25, 0.3) is 22.3 Å². The summed E-state index contributed by atoms with van der Waals surface area (Å²) in [6.45, 7) is -1.07. The van der Waals surface area contributed by atoms with Crippen LogP contribution in [0, 0.1) is 11.2 Å². The number of nitrogens with two attached hydrogens (primary N) is 2. The lowest BCUT2D eigenvalue weighted by molar-refractivity contribution is -0.499. The number of phosphoric acid groups is 1. The maximum absolute atomic E-state index is 12.9. The van der Waals surface area contributed by atoms with Gasteiger partial charge in [-0.2, -0.15) is 15.5 Å². The Kier molecular flexibility index (Phi) is 8.67. The number of fused-ring (bicyclic) bond motifs is 2. The largest absolute Gasteiger partial charge is 0.472 e. The van der Waals surface area contributed by atoms with E-state index in [9.17, 15) is 24.5 Å². The SMILES string of the molecule is N.N#C[B-][n+]1cn(C2CC(O)C(COP(=O)(O)OC3CC(n4cnc5c(N)ncnc54)OC3CO)O2)c2nc(N)[nH]c(=O)c21. The molecule has 2 radical (unpaired) electrons. The van der Waals surface area contributed by atoms with Crippen LogP contribution in [0.4, 0.5) is 11.8 Å². The molecule has 0 aromatic carbocycles. The average molecular weight is 634 g/mol. The molecule has 2 aliphatic rings. The highest BCUT2D eigenvalue weighted by atomic mass is 31.2. The Bertz CT molecular complexity index is 1830. The molecule has 2 saturated heterocycles. The van der Waals surface area contributed by atoms with Gasteiger partial charge in [-0.05, 0) is 0 Å². The summed E-state index contributed by atoms with van der Waals surface area (Å²) in [7, 11) is -3.68. The second-order valence-electron chi connectivity index (χ2n) is 9.78. The van der Waals surface area contributed by atoms with Gasteiger partial charge in [-0.25, -0.2) is 19.5 Å². The lowest BCUT2D eigenvalue weighted by Crippen LogP contribution is -2.41. The first-order valence-corrected chi connectivity index (χ1v) is 14.3. The lowest BCUT2D eigenvalue weighted by Gasteiger charge is -2.21. The molecule has 7 unspecified atom stereocenters. The van der Waals surface area contributed by atoms with Crippen molar-refractivity contribution < 1.29 is 42.7 Å². The van der Waals surface area contributed by atoms with Gasteiger partial charge in [0.1, 0.15) is 36.4 Å². The number of nitrogens with one attached hydrogen (secondary N) is 1. The van der Waals surface area contributed by atoms with Crippen LogP contribution in [0.5, 0.6) is 0 Å². The lowest BCUT2D eigenvalue weighted by atomic mass is 9.98. The standard InChI is InChI=1S/C21H24BN11O9P.H3N/c23-5-22-33-8-32(19-16(33)20(36)30-21(25)29-19)13-1-9(35)12(41-13)4-39-43(37,38)42-10-2-14(40-11(10)3-34)31-7-28-15-17(24)26-6-27-18(15)31;/h6-14,34-35H,1-4H2,(H5-,24,25,26,27,29,30,36,37,38);1H3/q-1;/p+1. The third-order valence-corrected chi connectivity index (χ3v) is 8.10. The normalized spacial score (nSPS) is 26.5. The zero-order chi connectivity index (χ0) is 30.5. The predicted molar refractivity (Wildman–Crippen MR) is 147 cm³/mol. The fraction of sp³-hybridized carbons (Fsp3) is 0.476. The molecule has 2 aliphatic heterocycles. The van der Waals surface area contributed by atoms with E-state index in [-0.39, 0.29) is 41.9 Å². The van der Waals surface area contributed by atoms with Gasteiger partial charge >= 0.3 is 7.82 Å². The van der Waals surface area contributed by atoms with Crippen molar-refractivity contribution in [2.24, 2.45) is 0 Å². The van der Waals surface area contributed by atoms with Crippen molar-refractivity contribution in [3.8, 4) is 5.97 Å². The number of aromatic amines is 1. The number of nitrogens with zero attached hydrogens (tertiary/aromatic N) is 8. The van der Waals surface area contributed by atoms with Crippen molar-refractivity contribution in [1.82, 2.24) is 40.2 Å². The first-order chi connectivity index (χ1) is 20.6. The van der Waals surface area contributed by atoms with Gasteiger partial charge in [-0.15, -0.1) is 0 Å². The number of aliphatic hydroxyl groups excluding tert-OH is 2. The topological polar surface area (TPSA) is 324 Å². The highest BCUT2D eigenvalue weighted by Gasteiger charge is 2.44. The molecule has 7 atom stereocenters. The quantitative estimate of drug-likeness (QED) is 0.0742.